The van der Waals surface area contributed by atoms with E-state index in [4.69, 9.17) is 4.74 Å². The highest BCUT2D eigenvalue weighted by molar-refractivity contribution is 4.90. The van der Waals surface area contributed by atoms with Crippen molar-refractivity contribution in [2.24, 2.45) is 11.8 Å². The van der Waals surface area contributed by atoms with Gasteiger partial charge >= 0.3 is 0 Å². The van der Waals surface area contributed by atoms with Crippen LogP contribution in [-0.4, -0.2) is 25.3 Å². The van der Waals surface area contributed by atoms with Crippen molar-refractivity contribution in [3.05, 3.63) is 0 Å². The Bertz CT molecular complexity index is 191. The standard InChI is InChI=1S/C13H25NO/c1-9-4-10(2)6-11(5-9)14-12-7-13(8-12)15-3/h9-14H,4-8H2,1-3H3. The van der Waals surface area contributed by atoms with Gasteiger partial charge in [0.25, 0.3) is 0 Å². The largest absolute Gasteiger partial charge is 0.381 e. The van der Waals surface area contributed by atoms with Crippen molar-refractivity contribution in [3.8, 4) is 0 Å². The second-order valence-corrected chi connectivity index (χ2v) is 5.81. The zero-order valence-corrected chi connectivity index (χ0v) is 10.3. The molecule has 2 nitrogen and oxygen atoms in total. The van der Waals surface area contributed by atoms with E-state index in [1.165, 1.54) is 32.1 Å². The molecule has 0 aromatic carbocycles. The summed E-state index contributed by atoms with van der Waals surface area (Å²) in [4.78, 5) is 0. The molecule has 2 aliphatic rings. The SMILES string of the molecule is COC1CC(NC2CC(C)CC(C)C2)C1. The molecular weight excluding hydrogens is 186 g/mol. The Balaban J connectivity index is 1.71. The highest BCUT2D eigenvalue weighted by atomic mass is 16.5. The fourth-order valence-electron chi connectivity index (χ4n) is 3.31. The fourth-order valence-corrected chi connectivity index (χ4v) is 3.31. The minimum absolute atomic E-state index is 0.529. The van der Waals surface area contributed by atoms with Gasteiger partial charge in [0.05, 0.1) is 6.10 Å². The van der Waals surface area contributed by atoms with Crippen molar-refractivity contribution in [1.82, 2.24) is 5.32 Å². The summed E-state index contributed by atoms with van der Waals surface area (Å²) in [5.74, 6) is 1.81. The highest BCUT2D eigenvalue weighted by Crippen LogP contribution is 2.31. The van der Waals surface area contributed by atoms with E-state index in [0.29, 0.717) is 6.10 Å². The topological polar surface area (TPSA) is 21.3 Å². The molecule has 0 heterocycles. The summed E-state index contributed by atoms with van der Waals surface area (Å²) in [5.41, 5.74) is 0. The van der Waals surface area contributed by atoms with Crippen LogP contribution in [0.2, 0.25) is 0 Å². The van der Waals surface area contributed by atoms with E-state index in [2.05, 4.69) is 19.2 Å². The summed E-state index contributed by atoms with van der Waals surface area (Å²) >= 11 is 0. The maximum absolute atomic E-state index is 5.31. The van der Waals surface area contributed by atoms with E-state index in [1.54, 1.807) is 0 Å². The molecule has 2 aliphatic carbocycles. The summed E-state index contributed by atoms with van der Waals surface area (Å²) in [6.07, 6.45) is 7.13. The summed E-state index contributed by atoms with van der Waals surface area (Å²) in [6.45, 7) is 4.78. The Morgan fingerprint density at radius 1 is 0.867 bits per heavy atom. The molecule has 2 unspecified atom stereocenters. The lowest BCUT2D eigenvalue weighted by atomic mass is 9.79. The zero-order valence-electron chi connectivity index (χ0n) is 10.3. The number of ether oxygens (including phenoxy) is 1. The number of rotatable bonds is 3. The van der Waals surface area contributed by atoms with Crippen molar-refractivity contribution in [2.75, 3.05) is 7.11 Å². The highest BCUT2D eigenvalue weighted by Gasteiger charge is 2.32. The molecule has 0 saturated heterocycles. The van der Waals surface area contributed by atoms with Gasteiger partial charge in [0, 0.05) is 19.2 Å². The van der Waals surface area contributed by atoms with Crippen LogP contribution in [0, 0.1) is 11.8 Å². The van der Waals surface area contributed by atoms with E-state index in [-0.39, 0.29) is 0 Å². The summed E-state index contributed by atoms with van der Waals surface area (Å²) in [5, 5.41) is 3.80. The Morgan fingerprint density at radius 3 is 1.93 bits per heavy atom. The van der Waals surface area contributed by atoms with Gasteiger partial charge in [-0.2, -0.15) is 0 Å². The number of nitrogens with one attached hydrogen (secondary N) is 1. The van der Waals surface area contributed by atoms with Crippen LogP contribution in [-0.2, 0) is 4.74 Å². The van der Waals surface area contributed by atoms with Crippen molar-refractivity contribution < 1.29 is 4.74 Å². The Hall–Kier alpha value is -0.0800. The monoisotopic (exact) mass is 211 g/mol. The van der Waals surface area contributed by atoms with Crippen LogP contribution < -0.4 is 5.32 Å². The zero-order chi connectivity index (χ0) is 10.8. The van der Waals surface area contributed by atoms with Crippen LogP contribution in [0.15, 0.2) is 0 Å². The van der Waals surface area contributed by atoms with Gasteiger partial charge in [0.2, 0.25) is 0 Å². The lowest BCUT2D eigenvalue weighted by Gasteiger charge is -2.40. The quantitative estimate of drug-likeness (QED) is 0.774. The number of hydrogen-bond donors (Lipinski definition) is 1. The van der Waals surface area contributed by atoms with Crippen LogP contribution in [0.25, 0.3) is 0 Å². The summed E-state index contributed by atoms with van der Waals surface area (Å²) < 4.78 is 5.31. The third-order valence-corrected chi connectivity index (χ3v) is 4.08. The van der Waals surface area contributed by atoms with E-state index >= 15 is 0 Å². The first-order chi connectivity index (χ1) is 7.17. The predicted molar refractivity (Wildman–Crippen MR) is 62.9 cm³/mol. The van der Waals surface area contributed by atoms with Crippen LogP contribution in [0.4, 0.5) is 0 Å². The molecule has 0 spiro atoms. The van der Waals surface area contributed by atoms with E-state index in [1.807, 2.05) is 7.11 Å². The molecule has 1 N–H and O–H groups in total. The van der Waals surface area contributed by atoms with Gasteiger partial charge in [-0.25, -0.2) is 0 Å². The first-order valence-corrected chi connectivity index (χ1v) is 6.46. The molecule has 0 radical (unpaired) electrons. The summed E-state index contributed by atoms with van der Waals surface area (Å²) in [6, 6.07) is 1.50. The van der Waals surface area contributed by atoms with Gasteiger partial charge < -0.3 is 10.1 Å². The molecule has 15 heavy (non-hydrogen) atoms. The van der Waals surface area contributed by atoms with E-state index in [0.717, 1.165) is 23.9 Å². The number of methoxy groups -OCH3 is 1. The van der Waals surface area contributed by atoms with Crippen LogP contribution in [0.5, 0.6) is 0 Å². The molecular formula is C13H25NO. The molecule has 2 saturated carbocycles. The predicted octanol–water partition coefficient (Wildman–Crippen LogP) is 2.58. The minimum Gasteiger partial charge on any atom is -0.381 e. The van der Waals surface area contributed by atoms with Gasteiger partial charge in [-0.15, -0.1) is 0 Å². The Kier molecular flexibility index (Phi) is 3.68. The molecule has 2 atom stereocenters. The Labute approximate surface area is 93.8 Å². The summed E-state index contributed by atoms with van der Waals surface area (Å²) in [7, 11) is 1.83. The smallest absolute Gasteiger partial charge is 0.0601 e. The van der Waals surface area contributed by atoms with Gasteiger partial charge in [-0.1, -0.05) is 13.8 Å². The fraction of sp³-hybridized carbons (Fsp3) is 1.00. The molecule has 0 aliphatic heterocycles. The average molecular weight is 211 g/mol. The van der Waals surface area contributed by atoms with Gasteiger partial charge in [-0.3, -0.25) is 0 Å². The molecule has 0 amide bonds. The van der Waals surface area contributed by atoms with Crippen LogP contribution in [0.1, 0.15) is 46.0 Å². The lowest BCUT2D eigenvalue weighted by Crippen LogP contribution is -2.50. The normalized spacial score (nSPS) is 46.2. The van der Waals surface area contributed by atoms with Crippen molar-refractivity contribution in [3.63, 3.8) is 0 Å². The second-order valence-electron chi connectivity index (χ2n) is 5.81. The van der Waals surface area contributed by atoms with Crippen molar-refractivity contribution >= 4 is 0 Å². The maximum atomic E-state index is 5.31. The molecule has 0 bridgehead atoms. The number of hydrogen-bond acceptors (Lipinski definition) is 2. The average Bonchev–Trinajstić information content (AvgIpc) is 2.08. The second kappa shape index (κ2) is 4.84. The molecule has 0 aromatic heterocycles. The third-order valence-electron chi connectivity index (χ3n) is 4.08. The molecule has 2 heteroatoms. The molecule has 2 rings (SSSR count). The van der Waals surface area contributed by atoms with Crippen molar-refractivity contribution in [1.29, 1.82) is 0 Å². The van der Waals surface area contributed by atoms with Crippen LogP contribution >= 0.6 is 0 Å². The van der Waals surface area contributed by atoms with E-state index in [9.17, 15) is 0 Å². The molecule has 2 fully saturated rings. The molecule has 88 valence electrons. The Morgan fingerprint density at radius 2 is 1.40 bits per heavy atom. The van der Waals surface area contributed by atoms with E-state index < -0.39 is 0 Å². The third kappa shape index (κ3) is 2.94. The van der Waals surface area contributed by atoms with Gasteiger partial charge in [0.1, 0.15) is 0 Å². The van der Waals surface area contributed by atoms with Crippen molar-refractivity contribution in [2.45, 2.75) is 64.1 Å². The van der Waals surface area contributed by atoms with Crippen LogP contribution in [0.3, 0.4) is 0 Å². The van der Waals surface area contributed by atoms with Gasteiger partial charge in [0.15, 0.2) is 0 Å². The van der Waals surface area contributed by atoms with Gasteiger partial charge in [-0.05, 0) is 43.9 Å². The molecule has 0 aromatic rings. The first-order valence-electron chi connectivity index (χ1n) is 6.46. The first kappa shape index (κ1) is 11.4. The minimum atomic E-state index is 0.529. The lowest BCUT2D eigenvalue weighted by molar-refractivity contribution is 0.0109. The maximum Gasteiger partial charge on any atom is 0.0601 e.